The topological polar surface area (TPSA) is 30.3 Å². The second-order valence-electron chi connectivity index (χ2n) is 5.67. The molecule has 0 bridgehead atoms. The Morgan fingerprint density at radius 1 is 1.10 bits per heavy atom. The fourth-order valence-electron chi connectivity index (χ4n) is 2.96. The number of nitrogens with two attached hydrogens (primary N) is 1. The SMILES string of the molecule is Brc1c(OCCC[NH+]2CC[NH2+]CC2)ccc2ccccc12. The molecular weight excluding hydrogens is 328 g/mol. The number of hydrogen-bond acceptors (Lipinski definition) is 1. The van der Waals surface area contributed by atoms with Gasteiger partial charge in [0.15, 0.2) is 0 Å². The highest BCUT2D eigenvalue weighted by Gasteiger charge is 2.14. The van der Waals surface area contributed by atoms with E-state index >= 15 is 0 Å². The van der Waals surface area contributed by atoms with Gasteiger partial charge in [0.25, 0.3) is 0 Å². The molecule has 1 fully saturated rings. The summed E-state index contributed by atoms with van der Waals surface area (Å²) >= 11 is 3.68. The number of benzene rings is 2. The summed E-state index contributed by atoms with van der Waals surface area (Å²) in [7, 11) is 0. The Kier molecular flexibility index (Phi) is 5.12. The number of nitrogens with one attached hydrogen (secondary N) is 1. The first-order valence-corrected chi connectivity index (χ1v) is 8.59. The van der Waals surface area contributed by atoms with Crippen LogP contribution in [0.2, 0.25) is 0 Å². The lowest BCUT2D eigenvalue weighted by Crippen LogP contribution is -3.20. The van der Waals surface area contributed by atoms with Crippen LogP contribution in [0.5, 0.6) is 5.75 Å². The summed E-state index contributed by atoms with van der Waals surface area (Å²) in [6, 6.07) is 12.6. The lowest BCUT2D eigenvalue weighted by atomic mass is 10.1. The fraction of sp³-hybridized carbons (Fsp3) is 0.412. The molecule has 112 valence electrons. The van der Waals surface area contributed by atoms with E-state index in [-0.39, 0.29) is 0 Å². The standard InChI is InChI=1S/C17H21BrN2O/c18-17-15-5-2-1-4-14(15)6-7-16(17)21-13-3-10-20-11-8-19-9-12-20/h1-2,4-7,19H,3,8-13H2/p+2. The number of hydrogen-bond donors (Lipinski definition) is 2. The zero-order valence-electron chi connectivity index (χ0n) is 12.3. The fourth-order valence-corrected chi connectivity index (χ4v) is 3.57. The summed E-state index contributed by atoms with van der Waals surface area (Å²) in [5.41, 5.74) is 0. The quantitative estimate of drug-likeness (QED) is 0.769. The molecule has 0 amide bonds. The second kappa shape index (κ2) is 7.25. The average molecular weight is 351 g/mol. The van der Waals surface area contributed by atoms with Crippen molar-refractivity contribution >= 4 is 26.7 Å². The number of quaternary nitrogens is 2. The molecule has 3 nitrogen and oxygen atoms in total. The van der Waals surface area contributed by atoms with Crippen molar-refractivity contribution in [3.63, 3.8) is 0 Å². The molecule has 2 aromatic rings. The van der Waals surface area contributed by atoms with Crippen molar-refractivity contribution in [2.24, 2.45) is 0 Å². The van der Waals surface area contributed by atoms with Crippen LogP contribution in [0.1, 0.15) is 6.42 Å². The third-order valence-electron chi connectivity index (χ3n) is 4.16. The van der Waals surface area contributed by atoms with Crippen molar-refractivity contribution in [3.05, 3.63) is 40.9 Å². The van der Waals surface area contributed by atoms with E-state index in [0.29, 0.717) is 0 Å². The Balaban J connectivity index is 1.54. The van der Waals surface area contributed by atoms with Gasteiger partial charge in [-0.25, -0.2) is 0 Å². The number of halogens is 1. The molecule has 0 radical (unpaired) electrons. The van der Waals surface area contributed by atoms with Crippen molar-refractivity contribution in [1.82, 2.24) is 0 Å². The minimum atomic E-state index is 0.796. The van der Waals surface area contributed by atoms with Crippen LogP contribution in [0.3, 0.4) is 0 Å². The molecule has 3 N–H and O–H groups in total. The predicted octanol–water partition coefficient (Wildman–Crippen LogP) is 0.833. The third kappa shape index (κ3) is 3.76. The Bertz CT molecular complexity index is 596. The van der Waals surface area contributed by atoms with E-state index in [1.165, 1.54) is 43.5 Å². The molecule has 0 saturated carbocycles. The Hall–Kier alpha value is -1.10. The summed E-state index contributed by atoms with van der Waals surface area (Å²) < 4.78 is 7.04. The average Bonchev–Trinajstić information content (AvgIpc) is 2.55. The molecule has 0 aromatic heterocycles. The van der Waals surface area contributed by atoms with Gasteiger partial charge in [0.2, 0.25) is 0 Å². The molecule has 0 aliphatic carbocycles. The van der Waals surface area contributed by atoms with Crippen molar-refractivity contribution in [2.45, 2.75) is 6.42 Å². The van der Waals surface area contributed by atoms with Crippen LogP contribution in [0.15, 0.2) is 40.9 Å². The molecule has 1 saturated heterocycles. The van der Waals surface area contributed by atoms with Crippen LogP contribution in [-0.2, 0) is 0 Å². The van der Waals surface area contributed by atoms with Gasteiger partial charge in [-0.3, -0.25) is 0 Å². The first-order chi connectivity index (χ1) is 10.3. The van der Waals surface area contributed by atoms with Crippen molar-refractivity contribution < 1.29 is 15.0 Å². The molecule has 3 rings (SSSR count). The van der Waals surface area contributed by atoms with E-state index < -0.39 is 0 Å². The minimum absolute atomic E-state index is 0.796. The predicted molar refractivity (Wildman–Crippen MR) is 89.0 cm³/mol. The van der Waals surface area contributed by atoms with E-state index in [4.69, 9.17) is 4.74 Å². The van der Waals surface area contributed by atoms with E-state index in [2.05, 4.69) is 57.6 Å². The summed E-state index contributed by atoms with van der Waals surface area (Å²) in [6.07, 6.45) is 1.12. The van der Waals surface area contributed by atoms with Crippen LogP contribution >= 0.6 is 15.9 Å². The number of ether oxygens (including phenoxy) is 1. The van der Waals surface area contributed by atoms with Gasteiger partial charge in [0, 0.05) is 6.42 Å². The molecule has 0 spiro atoms. The van der Waals surface area contributed by atoms with E-state index in [0.717, 1.165) is 23.2 Å². The zero-order chi connectivity index (χ0) is 14.5. The van der Waals surface area contributed by atoms with Gasteiger partial charge in [0.1, 0.15) is 31.9 Å². The monoisotopic (exact) mass is 350 g/mol. The lowest BCUT2D eigenvalue weighted by molar-refractivity contribution is -0.946. The molecule has 0 unspecified atom stereocenters. The van der Waals surface area contributed by atoms with Crippen LogP contribution in [0.4, 0.5) is 0 Å². The highest BCUT2D eigenvalue weighted by molar-refractivity contribution is 9.10. The molecule has 1 aliphatic heterocycles. The number of rotatable bonds is 5. The van der Waals surface area contributed by atoms with Crippen LogP contribution in [0, 0.1) is 0 Å². The summed E-state index contributed by atoms with van der Waals surface area (Å²) in [5.74, 6) is 0.954. The van der Waals surface area contributed by atoms with Crippen LogP contribution in [-0.4, -0.2) is 39.3 Å². The Morgan fingerprint density at radius 2 is 1.90 bits per heavy atom. The number of fused-ring (bicyclic) bond motifs is 1. The van der Waals surface area contributed by atoms with E-state index in [1.54, 1.807) is 4.90 Å². The van der Waals surface area contributed by atoms with E-state index in [1.807, 2.05) is 0 Å². The smallest absolute Gasteiger partial charge is 0.134 e. The van der Waals surface area contributed by atoms with E-state index in [9.17, 15) is 0 Å². The molecule has 4 heteroatoms. The second-order valence-corrected chi connectivity index (χ2v) is 6.46. The maximum Gasteiger partial charge on any atom is 0.134 e. The summed E-state index contributed by atoms with van der Waals surface area (Å²) in [6.45, 7) is 7.14. The van der Waals surface area contributed by atoms with Crippen molar-refractivity contribution in [1.29, 1.82) is 0 Å². The minimum Gasteiger partial charge on any atom is -0.492 e. The normalized spacial score (nSPS) is 16.2. The third-order valence-corrected chi connectivity index (χ3v) is 4.98. The molecular formula is C17H23BrN2O+2. The van der Waals surface area contributed by atoms with Crippen molar-refractivity contribution in [2.75, 3.05) is 39.3 Å². The summed E-state index contributed by atoms with van der Waals surface area (Å²) in [5, 5.41) is 4.87. The molecule has 1 aliphatic rings. The van der Waals surface area contributed by atoms with Gasteiger partial charge in [-0.2, -0.15) is 0 Å². The van der Waals surface area contributed by atoms with Gasteiger partial charge >= 0.3 is 0 Å². The maximum absolute atomic E-state index is 5.97. The lowest BCUT2D eigenvalue weighted by Gasteiger charge is -2.22. The molecule has 0 atom stereocenters. The zero-order valence-corrected chi connectivity index (χ0v) is 13.9. The molecule has 1 heterocycles. The van der Waals surface area contributed by atoms with Gasteiger partial charge in [0.05, 0.1) is 17.6 Å². The molecule has 2 aromatic carbocycles. The van der Waals surface area contributed by atoms with Crippen LogP contribution in [0.25, 0.3) is 10.8 Å². The Labute approximate surface area is 134 Å². The highest BCUT2D eigenvalue weighted by atomic mass is 79.9. The van der Waals surface area contributed by atoms with Gasteiger partial charge < -0.3 is 15.0 Å². The first kappa shape index (κ1) is 14.8. The molecule has 21 heavy (non-hydrogen) atoms. The van der Waals surface area contributed by atoms with Gasteiger partial charge in [-0.05, 0) is 32.8 Å². The Morgan fingerprint density at radius 3 is 2.76 bits per heavy atom. The summed E-state index contributed by atoms with van der Waals surface area (Å²) in [4.78, 5) is 1.72. The van der Waals surface area contributed by atoms with Crippen LogP contribution < -0.4 is 15.0 Å². The largest absolute Gasteiger partial charge is 0.492 e. The number of piperazine rings is 1. The van der Waals surface area contributed by atoms with Crippen molar-refractivity contribution in [3.8, 4) is 5.75 Å². The maximum atomic E-state index is 5.97. The first-order valence-electron chi connectivity index (χ1n) is 7.80. The van der Waals surface area contributed by atoms with Gasteiger partial charge in [-0.15, -0.1) is 0 Å². The highest BCUT2D eigenvalue weighted by Crippen LogP contribution is 2.32. The van der Waals surface area contributed by atoms with Gasteiger partial charge in [-0.1, -0.05) is 30.3 Å².